The van der Waals surface area contributed by atoms with Crippen molar-refractivity contribution in [2.45, 2.75) is 20.4 Å². The summed E-state index contributed by atoms with van der Waals surface area (Å²) >= 11 is 0. The van der Waals surface area contributed by atoms with E-state index in [0.717, 1.165) is 22.1 Å². The first-order valence-corrected chi connectivity index (χ1v) is 8.07. The lowest BCUT2D eigenvalue weighted by molar-refractivity contribution is 0.545. The van der Waals surface area contributed by atoms with Gasteiger partial charge >= 0.3 is 5.63 Å². The van der Waals surface area contributed by atoms with E-state index in [-0.39, 0.29) is 12.4 Å². The summed E-state index contributed by atoms with van der Waals surface area (Å²) in [6.45, 7) is 4.22. The molecule has 0 radical (unpaired) electrons. The zero-order valence-electron chi connectivity index (χ0n) is 14.2. The van der Waals surface area contributed by atoms with E-state index in [0.29, 0.717) is 17.0 Å². The molecule has 2 heterocycles. The Labute approximate surface area is 147 Å². The molecule has 0 aliphatic carbocycles. The van der Waals surface area contributed by atoms with Crippen LogP contribution >= 0.6 is 0 Å². The Bertz CT molecular complexity index is 1180. The maximum Gasteiger partial charge on any atom is 0.336 e. The summed E-state index contributed by atoms with van der Waals surface area (Å²) in [6, 6.07) is 11.3. The minimum absolute atomic E-state index is 0.257. The summed E-state index contributed by atoms with van der Waals surface area (Å²) in [5, 5.41) is 13.1. The highest BCUT2D eigenvalue weighted by atomic mass is 19.1. The van der Waals surface area contributed by atoms with Gasteiger partial charge in [-0.1, -0.05) is 12.1 Å². The second-order valence-electron chi connectivity index (χ2n) is 6.18. The van der Waals surface area contributed by atoms with Crippen LogP contribution in [0.15, 0.2) is 51.7 Å². The zero-order valence-corrected chi connectivity index (χ0v) is 14.2. The first-order chi connectivity index (χ1) is 12.5. The molecule has 0 spiro atoms. The van der Waals surface area contributed by atoms with Gasteiger partial charge in [0.05, 0.1) is 6.54 Å². The summed E-state index contributed by atoms with van der Waals surface area (Å²) < 4.78 is 18.7. The number of aromatic nitrogens is 4. The molecule has 26 heavy (non-hydrogen) atoms. The van der Waals surface area contributed by atoms with Gasteiger partial charge in [0.15, 0.2) is 0 Å². The van der Waals surface area contributed by atoms with Crippen LogP contribution in [0.3, 0.4) is 0 Å². The van der Waals surface area contributed by atoms with Crippen molar-refractivity contribution in [1.82, 2.24) is 20.2 Å². The van der Waals surface area contributed by atoms with Crippen LogP contribution in [-0.2, 0) is 6.54 Å². The Morgan fingerprint density at radius 2 is 1.92 bits per heavy atom. The summed E-state index contributed by atoms with van der Waals surface area (Å²) in [5.41, 5.74) is 3.52. The second-order valence-corrected chi connectivity index (χ2v) is 6.18. The average Bonchev–Trinajstić information content (AvgIpc) is 3.05. The van der Waals surface area contributed by atoms with Gasteiger partial charge in [-0.3, -0.25) is 0 Å². The van der Waals surface area contributed by atoms with Gasteiger partial charge in [-0.25, -0.2) is 9.18 Å². The predicted molar refractivity (Wildman–Crippen MR) is 94.3 cm³/mol. The lowest BCUT2D eigenvalue weighted by atomic mass is 10.0. The Morgan fingerprint density at radius 1 is 1.12 bits per heavy atom. The van der Waals surface area contributed by atoms with Gasteiger partial charge in [-0.05, 0) is 60.0 Å². The maximum atomic E-state index is 13.4. The van der Waals surface area contributed by atoms with Crippen molar-refractivity contribution in [3.63, 3.8) is 0 Å². The molecule has 4 rings (SSSR count). The Hall–Kier alpha value is -3.35. The van der Waals surface area contributed by atoms with Crippen molar-refractivity contribution in [2.75, 3.05) is 0 Å². The number of benzene rings is 2. The maximum absolute atomic E-state index is 13.4. The van der Waals surface area contributed by atoms with Gasteiger partial charge in [0.25, 0.3) is 0 Å². The topological polar surface area (TPSA) is 73.8 Å². The minimum Gasteiger partial charge on any atom is -0.423 e. The van der Waals surface area contributed by atoms with Crippen molar-refractivity contribution >= 4 is 11.0 Å². The Kier molecular flexibility index (Phi) is 3.84. The molecule has 0 bridgehead atoms. The number of hydrogen-bond donors (Lipinski definition) is 0. The molecule has 0 N–H and O–H groups in total. The predicted octanol–water partition coefficient (Wildman–Crippen LogP) is 3.25. The molecule has 0 aliphatic heterocycles. The fourth-order valence-electron chi connectivity index (χ4n) is 2.82. The van der Waals surface area contributed by atoms with Gasteiger partial charge in [0, 0.05) is 17.0 Å². The van der Waals surface area contributed by atoms with E-state index in [1.807, 2.05) is 26.0 Å². The van der Waals surface area contributed by atoms with E-state index in [4.69, 9.17) is 4.42 Å². The summed E-state index contributed by atoms with van der Waals surface area (Å²) in [5.74, 6) is -0.0415. The van der Waals surface area contributed by atoms with Crippen LogP contribution in [0.4, 0.5) is 4.39 Å². The molecule has 7 heteroatoms. The van der Waals surface area contributed by atoms with Crippen LogP contribution in [0.5, 0.6) is 0 Å². The van der Waals surface area contributed by atoms with Gasteiger partial charge in [0.1, 0.15) is 11.4 Å². The first kappa shape index (κ1) is 16.1. The van der Waals surface area contributed by atoms with Crippen LogP contribution in [0.25, 0.3) is 22.4 Å². The van der Waals surface area contributed by atoms with Gasteiger partial charge in [0.2, 0.25) is 5.82 Å². The molecular formula is C19H15FN4O2. The van der Waals surface area contributed by atoms with Gasteiger partial charge in [-0.2, -0.15) is 4.80 Å². The molecule has 0 fully saturated rings. The lowest BCUT2D eigenvalue weighted by Crippen LogP contribution is -2.08. The highest BCUT2D eigenvalue weighted by molar-refractivity contribution is 5.81. The fraction of sp³-hybridized carbons (Fsp3) is 0.158. The smallest absolute Gasteiger partial charge is 0.336 e. The third-order valence-electron chi connectivity index (χ3n) is 4.29. The van der Waals surface area contributed by atoms with E-state index in [2.05, 4.69) is 15.4 Å². The second kappa shape index (κ2) is 6.18. The van der Waals surface area contributed by atoms with Crippen molar-refractivity contribution in [1.29, 1.82) is 0 Å². The molecule has 0 aliphatic rings. The van der Waals surface area contributed by atoms with E-state index < -0.39 is 5.63 Å². The molecule has 4 aromatic rings. The monoisotopic (exact) mass is 350 g/mol. The number of rotatable bonds is 3. The van der Waals surface area contributed by atoms with Crippen molar-refractivity contribution in [2.24, 2.45) is 0 Å². The summed E-state index contributed by atoms with van der Waals surface area (Å²) in [7, 11) is 0. The molecule has 0 amide bonds. The fourth-order valence-corrected chi connectivity index (χ4v) is 2.82. The zero-order chi connectivity index (χ0) is 18.3. The Balaban J connectivity index is 1.74. The van der Waals surface area contributed by atoms with E-state index >= 15 is 0 Å². The molecule has 2 aromatic heterocycles. The quantitative estimate of drug-likeness (QED) is 0.530. The standard InChI is InChI=1S/C19H15FN4O2/c1-11-6-16-14(9-18(25)26-17(16)7-12(11)2)10-24-22-19(21-23-24)13-4-3-5-15(20)8-13/h3-9H,10H2,1-2H3. The van der Waals surface area contributed by atoms with E-state index in [1.165, 1.54) is 23.0 Å². The summed E-state index contributed by atoms with van der Waals surface area (Å²) in [6.07, 6.45) is 0. The van der Waals surface area contributed by atoms with E-state index in [9.17, 15) is 9.18 Å². The molecule has 130 valence electrons. The molecule has 6 nitrogen and oxygen atoms in total. The largest absolute Gasteiger partial charge is 0.423 e. The normalized spacial score (nSPS) is 11.2. The first-order valence-electron chi connectivity index (χ1n) is 8.07. The van der Waals surface area contributed by atoms with Crippen LogP contribution in [0.2, 0.25) is 0 Å². The third kappa shape index (κ3) is 2.99. The molecule has 0 atom stereocenters. The molecule has 2 aromatic carbocycles. The highest BCUT2D eigenvalue weighted by Crippen LogP contribution is 2.22. The highest BCUT2D eigenvalue weighted by Gasteiger charge is 2.11. The lowest BCUT2D eigenvalue weighted by Gasteiger charge is -2.07. The van der Waals surface area contributed by atoms with Crippen molar-refractivity contribution in [3.8, 4) is 11.4 Å². The molecule has 0 saturated heterocycles. The van der Waals surface area contributed by atoms with Crippen LogP contribution in [0.1, 0.15) is 16.7 Å². The number of fused-ring (bicyclic) bond motifs is 1. The van der Waals surface area contributed by atoms with Crippen molar-refractivity contribution < 1.29 is 8.81 Å². The molecule has 0 saturated carbocycles. The van der Waals surface area contributed by atoms with Gasteiger partial charge < -0.3 is 4.42 Å². The number of aryl methyl sites for hydroxylation is 2. The summed E-state index contributed by atoms with van der Waals surface area (Å²) in [4.78, 5) is 13.3. The molecular weight excluding hydrogens is 335 g/mol. The average molecular weight is 350 g/mol. The van der Waals surface area contributed by atoms with Crippen molar-refractivity contribution in [3.05, 3.63) is 75.4 Å². The van der Waals surface area contributed by atoms with Crippen LogP contribution < -0.4 is 5.63 Å². The molecule has 0 unspecified atom stereocenters. The van der Waals surface area contributed by atoms with Crippen LogP contribution in [-0.4, -0.2) is 20.2 Å². The SMILES string of the molecule is Cc1cc2oc(=O)cc(Cn3nnc(-c4cccc(F)c4)n3)c2cc1C. The number of tetrazole rings is 1. The number of hydrogen-bond acceptors (Lipinski definition) is 5. The van der Waals surface area contributed by atoms with Crippen LogP contribution in [0, 0.1) is 19.7 Å². The number of halogens is 1. The van der Waals surface area contributed by atoms with Gasteiger partial charge in [-0.15, -0.1) is 10.2 Å². The third-order valence-corrected chi connectivity index (χ3v) is 4.29. The number of nitrogens with zero attached hydrogens (tertiary/aromatic N) is 4. The minimum atomic E-state index is -0.429. The Morgan fingerprint density at radius 3 is 2.73 bits per heavy atom. The van der Waals surface area contributed by atoms with E-state index in [1.54, 1.807) is 12.1 Å².